The van der Waals surface area contributed by atoms with E-state index in [-0.39, 0.29) is 18.0 Å². The van der Waals surface area contributed by atoms with Crippen LogP contribution in [0, 0.1) is 0 Å². The molecule has 0 fully saturated rings. The molecule has 32 heavy (non-hydrogen) atoms. The summed E-state index contributed by atoms with van der Waals surface area (Å²) in [6, 6.07) is 14.6. The summed E-state index contributed by atoms with van der Waals surface area (Å²) in [5.41, 5.74) is 8.35. The van der Waals surface area contributed by atoms with E-state index in [1.807, 2.05) is 33.6 Å². The van der Waals surface area contributed by atoms with Gasteiger partial charge in [0.2, 0.25) is 0 Å². The van der Waals surface area contributed by atoms with Gasteiger partial charge in [0.05, 0.1) is 35.5 Å². The predicted molar refractivity (Wildman–Crippen MR) is 120 cm³/mol. The largest absolute Gasteiger partial charge is 0.382 e. The minimum absolute atomic E-state index is 0.0160. The number of nitrogens with one attached hydrogen (secondary N) is 2. The van der Waals surface area contributed by atoms with Gasteiger partial charge in [0.1, 0.15) is 5.52 Å². The second kappa shape index (κ2) is 9.20. The Kier molecular flexibility index (Phi) is 6.19. The molecule has 0 bridgehead atoms. The lowest BCUT2D eigenvalue weighted by atomic mass is 10.2. The maximum atomic E-state index is 12.1. The third kappa shape index (κ3) is 4.63. The maximum absolute atomic E-state index is 12.1. The molecule has 11 heteroatoms. The molecule has 2 heterocycles. The Hall–Kier alpha value is -3.70. The molecule has 166 valence electrons. The van der Waals surface area contributed by atoms with Crippen LogP contribution in [0.25, 0.3) is 21.9 Å². The molecule has 4 rings (SSSR count). The third-order valence-electron chi connectivity index (χ3n) is 4.77. The molecule has 0 saturated heterocycles. The lowest BCUT2D eigenvalue weighted by Gasteiger charge is -2.10. The number of aromatic nitrogens is 3. The first-order valence-electron chi connectivity index (χ1n) is 9.88. The van der Waals surface area contributed by atoms with E-state index in [9.17, 15) is 13.2 Å². The fourth-order valence-electron chi connectivity index (χ4n) is 3.29. The summed E-state index contributed by atoms with van der Waals surface area (Å²) in [5.74, 6) is 0.374. The highest BCUT2D eigenvalue weighted by molar-refractivity contribution is 7.90. The Morgan fingerprint density at radius 3 is 2.62 bits per heavy atom. The fraction of sp³-hybridized carbons (Fsp3) is 0.190. The standard InChI is InChI=1S/C21H22N6O4S/c22-20-18-19(16-8-4-5-9-17(16)25-20)27(14-24-18)11-13-31-12-10-23-21(28)26-32(29,30)15-6-2-1-3-7-15/h1-9,14H,10-13H2,(H2,22,25)(H2,23,26,28). The molecule has 0 saturated carbocycles. The molecule has 4 aromatic rings. The summed E-state index contributed by atoms with van der Waals surface area (Å²) in [7, 11) is -3.91. The highest BCUT2D eigenvalue weighted by atomic mass is 32.2. The Bertz CT molecular complexity index is 1360. The number of urea groups is 1. The van der Waals surface area contributed by atoms with E-state index >= 15 is 0 Å². The van der Waals surface area contributed by atoms with Crippen molar-refractivity contribution in [3.63, 3.8) is 0 Å². The van der Waals surface area contributed by atoms with Gasteiger partial charge in [0.15, 0.2) is 5.82 Å². The smallest absolute Gasteiger partial charge is 0.328 e. The number of nitrogen functional groups attached to an aromatic ring is 1. The summed E-state index contributed by atoms with van der Waals surface area (Å²) in [6.07, 6.45) is 1.69. The van der Waals surface area contributed by atoms with Gasteiger partial charge in [-0.3, -0.25) is 0 Å². The van der Waals surface area contributed by atoms with E-state index in [0.29, 0.717) is 24.5 Å². The van der Waals surface area contributed by atoms with Crippen LogP contribution in [0.1, 0.15) is 0 Å². The zero-order valence-corrected chi connectivity index (χ0v) is 17.9. The Labute approximate surface area is 184 Å². The van der Waals surface area contributed by atoms with Crippen LogP contribution >= 0.6 is 0 Å². The van der Waals surface area contributed by atoms with Crippen molar-refractivity contribution in [2.45, 2.75) is 11.4 Å². The number of imidazole rings is 1. The molecule has 0 aliphatic heterocycles. The van der Waals surface area contributed by atoms with Crippen molar-refractivity contribution in [2.75, 3.05) is 25.5 Å². The Morgan fingerprint density at radius 1 is 1.06 bits per heavy atom. The molecule has 0 unspecified atom stereocenters. The van der Waals surface area contributed by atoms with Crippen molar-refractivity contribution in [1.29, 1.82) is 0 Å². The zero-order chi connectivity index (χ0) is 22.6. The number of sulfonamides is 1. The number of carbonyl (C=O) groups is 1. The Morgan fingerprint density at radius 2 is 1.81 bits per heavy atom. The number of hydrogen-bond acceptors (Lipinski definition) is 7. The summed E-state index contributed by atoms with van der Waals surface area (Å²) < 4.78 is 33.7. The molecule has 0 aliphatic carbocycles. The van der Waals surface area contributed by atoms with Gasteiger partial charge in [-0.1, -0.05) is 36.4 Å². The van der Waals surface area contributed by atoms with E-state index < -0.39 is 16.1 Å². The van der Waals surface area contributed by atoms with Gasteiger partial charge in [-0.15, -0.1) is 0 Å². The van der Waals surface area contributed by atoms with Gasteiger partial charge < -0.3 is 20.4 Å². The molecular weight excluding hydrogens is 432 g/mol. The van der Waals surface area contributed by atoms with Crippen LogP contribution in [-0.2, 0) is 21.3 Å². The second-order valence-electron chi connectivity index (χ2n) is 6.94. The van der Waals surface area contributed by atoms with Gasteiger partial charge in [-0.25, -0.2) is 27.9 Å². The SMILES string of the molecule is Nc1nc2ccccc2c2c1ncn2CCOCCNC(=O)NS(=O)(=O)c1ccccc1. The number of anilines is 1. The number of amides is 2. The highest BCUT2D eigenvalue weighted by Gasteiger charge is 2.16. The average Bonchev–Trinajstić information content (AvgIpc) is 3.21. The minimum Gasteiger partial charge on any atom is -0.382 e. The maximum Gasteiger partial charge on any atom is 0.328 e. The molecule has 0 aliphatic rings. The number of pyridine rings is 1. The summed E-state index contributed by atoms with van der Waals surface area (Å²) in [5, 5.41) is 3.42. The molecule has 2 aromatic heterocycles. The first-order valence-corrected chi connectivity index (χ1v) is 11.4. The molecule has 10 nitrogen and oxygen atoms in total. The molecule has 0 atom stereocenters. The van der Waals surface area contributed by atoms with E-state index in [1.165, 1.54) is 12.1 Å². The molecule has 0 radical (unpaired) electrons. The molecule has 0 spiro atoms. The van der Waals surface area contributed by atoms with Crippen LogP contribution in [0.2, 0.25) is 0 Å². The van der Waals surface area contributed by atoms with Gasteiger partial charge in [-0.2, -0.15) is 0 Å². The number of hydrogen-bond donors (Lipinski definition) is 3. The lowest BCUT2D eigenvalue weighted by Crippen LogP contribution is -2.40. The van der Waals surface area contributed by atoms with Crippen LogP contribution in [-0.4, -0.2) is 48.7 Å². The topological polar surface area (TPSA) is 141 Å². The molecule has 4 N–H and O–H groups in total. The van der Waals surface area contributed by atoms with Crippen molar-refractivity contribution in [3.05, 3.63) is 60.9 Å². The van der Waals surface area contributed by atoms with Crippen molar-refractivity contribution in [3.8, 4) is 0 Å². The minimum atomic E-state index is -3.91. The van der Waals surface area contributed by atoms with Crippen LogP contribution in [0.15, 0.2) is 65.8 Å². The molecular formula is C21H22N6O4S. The number of nitrogens with two attached hydrogens (primary N) is 1. The van der Waals surface area contributed by atoms with Crippen molar-refractivity contribution in [1.82, 2.24) is 24.6 Å². The fourth-order valence-corrected chi connectivity index (χ4v) is 4.24. The van der Waals surface area contributed by atoms with Crippen LogP contribution in [0.3, 0.4) is 0 Å². The Balaban J connectivity index is 1.27. The van der Waals surface area contributed by atoms with Crippen LogP contribution < -0.4 is 15.8 Å². The van der Waals surface area contributed by atoms with E-state index in [1.54, 1.807) is 24.5 Å². The molecule has 2 aromatic carbocycles. The first-order chi connectivity index (χ1) is 15.5. The van der Waals surface area contributed by atoms with E-state index in [0.717, 1.165) is 16.4 Å². The predicted octanol–water partition coefficient (Wildman–Crippen LogP) is 1.87. The van der Waals surface area contributed by atoms with E-state index in [4.69, 9.17) is 10.5 Å². The number of carbonyl (C=O) groups excluding carboxylic acids is 1. The number of fused-ring (bicyclic) bond motifs is 3. The summed E-state index contributed by atoms with van der Waals surface area (Å²) in [6.45, 7) is 1.27. The van der Waals surface area contributed by atoms with Crippen molar-refractivity contribution in [2.24, 2.45) is 0 Å². The summed E-state index contributed by atoms with van der Waals surface area (Å²) >= 11 is 0. The van der Waals surface area contributed by atoms with Gasteiger partial charge in [-0.05, 0) is 18.2 Å². The van der Waals surface area contributed by atoms with Gasteiger partial charge in [0, 0.05) is 18.5 Å². The van der Waals surface area contributed by atoms with Crippen LogP contribution in [0.5, 0.6) is 0 Å². The van der Waals surface area contributed by atoms with Crippen molar-refractivity contribution >= 4 is 43.8 Å². The number of ether oxygens (including phenoxy) is 1. The number of rotatable bonds is 8. The van der Waals surface area contributed by atoms with Gasteiger partial charge >= 0.3 is 6.03 Å². The third-order valence-corrected chi connectivity index (χ3v) is 6.12. The monoisotopic (exact) mass is 454 g/mol. The number of benzene rings is 2. The number of para-hydroxylation sites is 1. The normalized spacial score (nSPS) is 11.6. The zero-order valence-electron chi connectivity index (χ0n) is 17.1. The van der Waals surface area contributed by atoms with Crippen molar-refractivity contribution < 1.29 is 17.9 Å². The first kappa shape index (κ1) is 21.5. The lowest BCUT2D eigenvalue weighted by molar-refractivity contribution is 0.129. The van der Waals surface area contributed by atoms with E-state index in [2.05, 4.69) is 15.3 Å². The quantitative estimate of drug-likeness (QED) is 0.345. The highest BCUT2D eigenvalue weighted by Crippen LogP contribution is 2.26. The van der Waals surface area contributed by atoms with Crippen LogP contribution in [0.4, 0.5) is 10.6 Å². The summed E-state index contributed by atoms with van der Waals surface area (Å²) in [4.78, 5) is 20.6. The van der Waals surface area contributed by atoms with Gasteiger partial charge in [0.25, 0.3) is 10.0 Å². The second-order valence-corrected chi connectivity index (χ2v) is 8.62. The number of nitrogens with zero attached hydrogens (tertiary/aromatic N) is 3. The molecule has 2 amide bonds. The average molecular weight is 455 g/mol.